The number of fused-ring (bicyclic) bond motifs is 3. The number of nitrogens with zero attached hydrogens (tertiary/aromatic N) is 3. The number of hydrogen-bond acceptors (Lipinski definition) is 10. The van der Waals surface area contributed by atoms with Crippen LogP contribution in [0.1, 0.15) is 84.3 Å². The lowest BCUT2D eigenvalue weighted by Gasteiger charge is -2.30. The summed E-state index contributed by atoms with van der Waals surface area (Å²) < 4.78 is 54.1. The number of nitrogens with one attached hydrogen (secondary N) is 3. The van der Waals surface area contributed by atoms with Crippen LogP contribution in [0.5, 0.6) is 5.88 Å². The summed E-state index contributed by atoms with van der Waals surface area (Å²) in [6, 6.07) is 0.290. The van der Waals surface area contributed by atoms with Crippen molar-refractivity contribution in [2.75, 3.05) is 6.54 Å². The van der Waals surface area contributed by atoms with Crippen LogP contribution in [-0.4, -0.2) is 88.2 Å². The summed E-state index contributed by atoms with van der Waals surface area (Å²) in [4.78, 5) is 65.5. The van der Waals surface area contributed by atoms with E-state index in [4.69, 9.17) is 9.47 Å². The number of alkyl carbamates (subject to hydrolysis) is 1. The molecule has 17 heteroatoms. The van der Waals surface area contributed by atoms with E-state index in [0.29, 0.717) is 41.4 Å². The third kappa shape index (κ3) is 8.50. The van der Waals surface area contributed by atoms with Gasteiger partial charge in [-0.15, -0.1) is 0 Å². The van der Waals surface area contributed by atoms with Crippen LogP contribution in [0.2, 0.25) is 0 Å². The van der Waals surface area contributed by atoms with Gasteiger partial charge in [0, 0.05) is 22.9 Å². The smallest absolute Gasteiger partial charge is 0.408 e. The SMILES string of the molecule is Cc1nc2c(Br)cc(F)cc2nc1OC1CC2C(=O)NC3(C(=O)NS(=O)(=O)C4CC4)CC3C=CCCCCCC(NC(=O)OC(C)(C)C)C(=O)N2C1. The summed E-state index contributed by atoms with van der Waals surface area (Å²) in [5, 5.41) is 4.88. The first-order valence-electron chi connectivity index (χ1n) is 17.6. The molecule has 0 radical (unpaired) electrons. The van der Waals surface area contributed by atoms with E-state index in [1.807, 2.05) is 12.2 Å². The van der Waals surface area contributed by atoms with E-state index in [9.17, 15) is 32.0 Å². The number of rotatable bonds is 6. The van der Waals surface area contributed by atoms with E-state index < -0.39 is 80.2 Å². The highest BCUT2D eigenvalue weighted by molar-refractivity contribution is 9.10. The fraction of sp³-hybridized carbons (Fsp3) is 0.600. The molecule has 3 fully saturated rings. The Labute approximate surface area is 310 Å². The predicted octanol–water partition coefficient (Wildman–Crippen LogP) is 4.09. The zero-order chi connectivity index (χ0) is 37.6. The van der Waals surface area contributed by atoms with Crippen molar-refractivity contribution in [1.82, 2.24) is 30.2 Å². The lowest BCUT2D eigenvalue weighted by molar-refractivity contribution is -0.141. The van der Waals surface area contributed by atoms with Crippen LogP contribution in [0.25, 0.3) is 11.0 Å². The van der Waals surface area contributed by atoms with Crippen molar-refractivity contribution >= 4 is 60.8 Å². The molecule has 4 amide bonds. The highest BCUT2D eigenvalue weighted by Crippen LogP contribution is 2.46. The molecule has 282 valence electrons. The Morgan fingerprint density at radius 3 is 2.58 bits per heavy atom. The monoisotopic (exact) mass is 806 g/mol. The third-order valence-electron chi connectivity index (χ3n) is 9.63. The first kappa shape index (κ1) is 37.9. The van der Waals surface area contributed by atoms with Crippen molar-refractivity contribution in [2.45, 2.75) is 120 Å². The molecule has 0 bridgehead atoms. The molecule has 5 atom stereocenters. The van der Waals surface area contributed by atoms with E-state index >= 15 is 0 Å². The number of hydrogen-bond donors (Lipinski definition) is 3. The summed E-state index contributed by atoms with van der Waals surface area (Å²) in [6.07, 6.45) is 6.31. The minimum Gasteiger partial charge on any atom is -0.471 e. The Hall–Kier alpha value is -3.86. The maximum Gasteiger partial charge on any atom is 0.408 e. The molecular weight excluding hydrogens is 763 g/mol. The van der Waals surface area contributed by atoms with Gasteiger partial charge in [-0.25, -0.2) is 27.6 Å². The first-order valence-corrected chi connectivity index (χ1v) is 19.9. The number of allylic oxidation sites excluding steroid dienone is 1. The van der Waals surface area contributed by atoms with Crippen LogP contribution in [0.3, 0.4) is 0 Å². The van der Waals surface area contributed by atoms with Crippen LogP contribution in [0.15, 0.2) is 28.8 Å². The van der Waals surface area contributed by atoms with E-state index in [1.54, 1.807) is 27.7 Å². The minimum atomic E-state index is -3.91. The average molecular weight is 808 g/mol. The van der Waals surface area contributed by atoms with Gasteiger partial charge in [-0.05, 0) is 88.2 Å². The van der Waals surface area contributed by atoms with Crippen molar-refractivity contribution in [3.05, 3.63) is 40.3 Å². The molecular formula is C35H44BrFN6O8S. The normalized spacial score (nSPS) is 27.1. The lowest BCUT2D eigenvalue weighted by Crippen LogP contribution is -2.58. The second-order valence-corrected chi connectivity index (χ2v) is 17.9. The lowest BCUT2D eigenvalue weighted by atomic mass is 10.0. The Balaban J connectivity index is 1.31. The van der Waals surface area contributed by atoms with Crippen molar-refractivity contribution in [1.29, 1.82) is 0 Å². The quantitative estimate of drug-likeness (QED) is 0.360. The van der Waals surface area contributed by atoms with Crippen LogP contribution in [0.4, 0.5) is 9.18 Å². The van der Waals surface area contributed by atoms with Gasteiger partial charge in [0.2, 0.25) is 27.7 Å². The predicted molar refractivity (Wildman–Crippen MR) is 191 cm³/mol. The number of ether oxygens (including phenoxy) is 2. The van der Waals surface area contributed by atoms with Gasteiger partial charge in [-0.2, -0.15) is 0 Å². The van der Waals surface area contributed by atoms with Gasteiger partial charge < -0.3 is 25.0 Å². The molecule has 0 spiro atoms. The van der Waals surface area contributed by atoms with E-state index in [-0.39, 0.29) is 37.2 Å². The summed E-state index contributed by atoms with van der Waals surface area (Å²) in [5.41, 5.74) is -1.30. The Morgan fingerprint density at radius 2 is 1.87 bits per heavy atom. The molecule has 2 aliphatic heterocycles. The molecule has 1 saturated heterocycles. The van der Waals surface area contributed by atoms with Gasteiger partial charge in [0.1, 0.15) is 46.4 Å². The number of benzene rings is 1. The van der Waals surface area contributed by atoms with Gasteiger partial charge in [0.15, 0.2) is 0 Å². The molecule has 3 N–H and O–H groups in total. The molecule has 14 nitrogen and oxygen atoms in total. The highest BCUT2D eigenvalue weighted by Gasteiger charge is 2.62. The third-order valence-corrected chi connectivity index (χ3v) is 12.1. The van der Waals surface area contributed by atoms with Crippen LogP contribution < -0.4 is 20.1 Å². The number of sulfonamides is 1. The molecule has 2 saturated carbocycles. The molecule has 1 aromatic heterocycles. The van der Waals surface area contributed by atoms with E-state index in [2.05, 4.69) is 41.3 Å². The van der Waals surface area contributed by atoms with Gasteiger partial charge in [-0.1, -0.05) is 25.0 Å². The van der Waals surface area contributed by atoms with Gasteiger partial charge >= 0.3 is 6.09 Å². The highest BCUT2D eigenvalue weighted by atomic mass is 79.9. The van der Waals surface area contributed by atoms with Crippen molar-refractivity contribution in [3.63, 3.8) is 0 Å². The van der Waals surface area contributed by atoms with E-state index in [0.717, 1.165) is 12.8 Å². The molecule has 6 rings (SSSR count). The second-order valence-electron chi connectivity index (χ2n) is 15.1. The fourth-order valence-electron chi connectivity index (χ4n) is 6.72. The van der Waals surface area contributed by atoms with E-state index in [1.165, 1.54) is 17.0 Å². The zero-order valence-corrected chi connectivity index (χ0v) is 31.9. The maximum absolute atomic E-state index is 14.4. The van der Waals surface area contributed by atoms with Crippen molar-refractivity contribution in [3.8, 4) is 5.88 Å². The molecule has 1 aromatic carbocycles. The summed E-state index contributed by atoms with van der Waals surface area (Å²) in [5.74, 6) is -2.93. The van der Waals surface area contributed by atoms with Crippen LogP contribution >= 0.6 is 15.9 Å². The Bertz CT molecular complexity index is 1920. The standard InChI is InChI=1S/C35H44BrFN6O8S/c1-19-30(39-26-15-21(37)14-24(36)28(26)38-19)50-22-16-27-29(44)41-35(32(46)42-52(48,49)23-12-13-23)17-20(35)10-8-6-5-7-9-11-25(31(45)43(27)18-22)40-33(47)51-34(2,3)4/h8,10,14-15,20,22-23,25,27H,5-7,9,11-13,16-18H2,1-4H3,(H,40,47)(H,41,44)(H,42,46). The zero-order valence-electron chi connectivity index (χ0n) is 29.5. The summed E-state index contributed by atoms with van der Waals surface area (Å²) >= 11 is 3.31. The largest absolute Gasteiger partial charge is 0.471 e. The number of amides is 4. The Kier molecular flexibility index (Phi) is 10.6. The van der Waals surface area contributed by atoms with Crippen molar-refractivity contribution < 1.29 is 41.5 Å². The van der Waals surface area contributed by atoms with Crippen molar-refractivity contribution in [2.24, 2.45) is 5.92 Å². The fourth-order valence-corrected chi connectivity index (χ4v) is 8.60. The maximum atomic E-state index is 14.4. The summed E-state index contributed by atoms with van der Waals surface area (Å²) in [7, 11) is -3.91. The minimum absolute atomic E-state index is 0.0265. The molecule has 52 heavy (non-hydrogen) atoms. The van der Waals surface area contributed by atoms with Gasteiger partial charge in [0.05, 0.1) is 17.3 Å². The number of aryl methyl sites for hydroxylation is 1. The molecule has 5 unspecified atom stereocenters. The van der Waals surface area contributed by atoms with Crippen LogP contribution in [0, 0.1) is 18.7 Å². The molecule has 4 aliphatic rings. The first-order chi connectivity index (χ1) is 24.5. The number of carbonyl (C=O) groups is 4. The topological polar surface area (TPSA) is 186 Å². The molecule has 2 aliphatic carbocycles. The van der Waals surface area contributed by atoms with Crippen LogP contribution in [-0.2, 0) is 29.1 Å². The number of halogens is 2. The summed E-state index contributed by atoms with van der Waals surface area (Å²) in [6.45, 7) is 6.70. The number of carbonyl (C=O) groups excluding carboxylic acids is 4. The van der Waals surface area contributed by atoms with Gasteiger partial charge in [0.25, 0.3) is 5.91 Å². The second kappa shape index (κ2) is 14.5. The Morgan fingerprint density at radius 1 is 1.12 bits per heavy atom. The molecule has 2 aromatic rings. The van der Waals surface area contributed by atoms with Gasteiger partial charge in [-0.3, -0.25) is 19.1 Å². The average Bonchev–Trinajstić information content (AvgIpc) is 3.96. The number of aromatic nitrogens is 2. The molecule has 3 heterocycles.